The summed E-state index contributed by atoms with van der Waals surface area (Å²) in [5, 5.41) is 10.5. The normalized spacial score (nSPS) is 14.6. The van der Waals surface area contributed by atoms with Crippen LogP contribution in [-0.2, 0) is 0 Å². The van der Waals surface area contributed by atoms with Gasteiger partial charge in [0.25, 0.3) is 0 Å². The minimum atomic E-state index is 0. The van der Waals surface area contributed by atoms with Crippen LogP contribution in [0.1, 0.15) is 19.3 Å². The Balaban J connectivity index is 0.00000225. The number of halogens is 2. The van der Waals surface area contributed by atoms with Crippen molar-refractivity contribution >= 4 is 35.8 Å². The van der Waals surface area contributed by atoms with Gasteiger partial charge in [0.15, 0.2) is 11.0 Å². The molecule has 0 atom stereocenters. The summed E-state index contributed by atoms with van der Waals surface area (Å²) in [4.78, 5) is 6.77. The second-order valence-corrected chi connectivity index (χ2v) is 8.11. The maximum Gasteiger partial charge on any atom is 0.196 e. The topological polar surface area (TPSA) is 46.8 Å². The lowest BCUT2D eigenvalue weighted by Gasteiger charge is -2.25. The molecule has 0 saturated carbocycles. The fraction of sp³-hybridized carbons (Fsp3) is 0.350. The maximum atomic E-state index is 6.08. The third-order valence-electron chi connectivity index (χ3n) is 4.73. The van der Waals surface area contributed by atoms with E-state index in [4.69, 9.17) is 11.6 Å². The Morgan fingerprint density at radius 2 is 1.79 bits per heavy atom. The van der Waals surface area contributed by atoms with Crippen LogP contribution in [0.4, 0.5) is 0 Å². The molecule has 3 heterocycles. The number of aromatic nitrogens is 4. The van der Waals surface area contributed by atoms with Gasteiger partial charge in [0.05, 0.1) is 0 Å². The summed E-state index contributed by atoms with van der Waals surface area (Å²) < 4.78 is 2.09. The van der Waals surface area contributed by atoms with Crippen molar-refractivity contribution in [1.29, 1.82) is 0 Å². The molecule has 5 nitrogen and oxygen atoms in total. The molecule has 1 aromatic carbocycles. The van der Waals surface area contributed by atoms with E-state index in [9.17, 15) is 0 Å². The quantitative estimate of drug-likeness (QED) is 0.510. The highest BCUT2D eigenvalue weighted by molar-refractivity contribution is 7.99. The Hall–Kier alpha value is -1.60. The number of thioether (sulfide) groups is 1. The largest absolute Gasteiger partial charge is 0.303 e. The van der Waals surface area contributed by atoms with Crippen LogP contribution in [0.3, 0.4) is 0 Å². The van der Waals surface area contributed by atoms with E-state index in [1.807, 2.05) is 42.6 Å². The third-order valence-corrected chi connectivity index (χ3v) is 5.89. The highest BCUT2D eigenvalue weighted by Gasteiger charge is 2.17. The zero-order chi connectivity index (χ0) is 18.5. The fourth-order valence-corrected chi connectivity index (χ4v) is 4.39. The number of hydrogen-bond donors (Lipinski definition) is 0. The Morgan fingerprint density at radius 1 is 1.00 bits per heavy atom. The van der Waals surface area contributed by atoms with E-state index in [1.165, 1.54) is 32.4 Å². The molecule has 0 bridgehead atoms. The predicted octanol–water partition coefficient (Wildman–Crippen LogP) is 4.98. The van der Waals surface area contributed by atoms with Gasteiger partial charge in [-0.3, -0.25) is 9.55 Å². The summed E-state index contributed by atoms with van der Waals surface area (Å²) in [6, 6.07) is 11.7. The summed E-state index contributed by atoms with van der Waals surface area (Å²) in [6.07, 6.45) is 7.58. The number of piperidine rings is 1. The fourth-order valence-electron chi connectivity index (χ4n) is 3.32. The van der Waals surface area contributed by atoms with E-state index in [0.29, 0.717) is 5.02 Å². The first-order valence-electron chi connectivity index (χ1n) is 9.28. The van der Waals surface area contributed by atoms with Gasteiger partial charge in [-0.05, 0) is 62.3 Å². The second-order valence-electron chi connectivity index (χ2n) is 6.61. The van der Waals surface area contributed by atoms with Gasteiger partial charge in [-0.1, -0.05) is 29.8 Å². The minimum Gasteiger partial charge on any atom is -0.303 e. The first-order valence-corrected chi connectivity index (χ1v) is 10.6. The van der Waals surface area contributed by atoms with Gasteiger partial charge in [-0.25, -0.2) is 0 Å². The van der Waals surface area contributed by atoms with Crippen molar-refractivity contribution in [2.24, 2.45) is 0 Å². The van der Waals surface area contributed by atoms with Crippen LogP contribution in [0.15, 0.2) is 53.9 Å². The van der Waals surface area contributed by atoms with Crippen LogP contribution < -0.4 is 0 Å². The SMILES string of the molecule is Cl.Clc1ccc(-n2c(SCCN3CCCCC3)nnc2-c2cccnc2)cc1. The number of pyridine rings is 1. The van der Waals surface area contributed by atoms with E-state index < -0.39 is 0 Å². The first-order chi connectivity index (χ1) is 13.3. The van der Waals surface area contributed by atoms with Crippen LogP contribution in [0.5, 0.6) is 0 Å². The molecule has 2 aromatic heterocycles. The lowest BCUT2D eigenvalue weighted by atomic mass is 10.1. The Bertz CT molecular complexity index is 864. The standard InChI is InChI=1S/C20H22ClN5S.ClH/c21-17-6-8-18(9-7-17)26-19(16-5-4-10-22-15-16)23-24-20(26)27-14-13-25-11-2-1-3-12-25;/h4-10,15H,1-3,11-14H2;1H. The molecular formula is C20H23Cl2N5S. The second kappa shape index (κ2) is 10.3. The van der Waals surface area contributed by atoms with Gasteiger partial charge in [-0.15, -0.1) is 22.6 Å². The van der Waals surface area contributed by atoms with Gasteiger partial charge < -0.3 is 4.90 Å². The molecule has 28 heavy (non-hydrogen) atoms. The molecular weight excluding hydrogens is 413 g/mol. The van der Waals surface area contributed by atoms with Crippen molar-refractivity contribution in [2.45, 2.75) is 24.4 Å². The monoisotopic (exact) mass is 435 g/mol. The van der Waals surface area contributed by atoms with Crippen molar-refractivity contribution in [3.05, 3.63) is 53.8 Å². The molecule has 0 spiro atoms. The van der Waals surface area contributed by atoms with Gasteiger partial charge in [-0.2, -0.15) is 0 Å². The maximum absolute atomic E-state index is 6.08. The lowest BCUT2D eigenvalue weighted by molar-refractivity contribution is 0.242. The first kappa shape index (κ1) is 21.1. The van der Waals surface area contributed by atoms with E-state index in [1.54, 1.807) is 18.0 Å². The Labute approximate surface area is 180 Å². The van der Waals surface area contributed by atoms with Gasteiger partial charge >= 0.3 is 0 Å². The predicted molar refractivity (Wildman–Crippen MR) is 118 cm³/mol. The van der Waals surface area contributed by atoms with E-state index in [-0.39, 0.29) is 12.4 Å². The molecule has 0 N–H and O–H groups in total. The lowest BCUT2D eigenvalue weighted by Crippen LogP contribution is -2.31. The number of likely N-dealkylation sites (tertiary alicyclic amines) is 1. The number of hydrogen-bond acceptors (Lipinski definition) is 5. The highest BCUT2D eigenvalue weighted by Crippen LogP contribution is 2.28. The van der Waals surface area contributed by atoms with Crippen molar-refractivity contribution < 1.29 is 0 Å². The zero-order valence-electron chi connectivity index (χ0n) is 15.5. The molecule has 148 valence electrons. The van der Waals surface area contributed by atoms with Crippen molar-refractivity contribution in [2.75, 3.05) is 25.4 Å². The zero-order valence-corrected chi connectivity index (χ0v) is 17.9. The van der Waals surface area contributed by atoms with Gasteiger partial charge in [0, 0.05) is 41.0 Å². The molecule has 0 radical (unpaired) electrons. The summed E-state index contributed by atoms with van der Waals surface area (Å²) in [5.41, 5.74) is 1.95. The van der Waals surface area contributed by atoms with Crippen molar-refractivity contribution in [3.8, 4) is 17.1 Å². The molecule has 1 fully saturated rings. The van der Waals surface area contributed by atoms with Crippen molar-refractivity contribution in [1.82, 2.24) is 24.6 Å². The molecule has 4 rings (SSSR count). The van der Waals surface area contributed by atoms with E-state index in [2.05, 4.69) is 24.6 Å². The molecule has 0 amide bonds. The van der Waals surface area contributed by atoms with Crippen LogP contribution in [0, 0.1) is 0 Å². The number of nitrogens with zero attached hydrogens (tertiary/aromatic N) is 5. The average Bonchev–Trinajstić information content (AvgIpc) is 3.14. The summed E-state index contributed by atoms with van der Waals surface area (Å²) in [5.74, 6) is 1.80. The molecule has 3 aromatic rings. The van der Waals surface area contributed by atoms with Gasteiger partial charge in [0.1, 0.15) is 0 Å². The molecule has 0 aliphatic carbocycles. The van der Waals surface area contributed by atoms with Crippen LogP contribution in [0.25, 0.3) is 17.1 Å². The molecule has 0 unspecified atom stereocenters. The highest BCUT2D eigenvalue weighted by atomic mass is 35.5. The van der Waals surface area contributed by atoms with Gasteiger partial charge in [0.2, 0.25) is 0 Å². The van der Waals surface area contributed by atoms with Crippen LogP contribution in [-0.4, -0.2) is 50.0 Å². The summed E-state index contributed by atoms with van der Waals surface area (Å²) in [7, 11) is 0. The van der Waals surface area contributed by atoms with E-state index >= 15 is 0 Å². The number of benzene rings is 1. The third kappa shape index (κ3) is 5.06. The average molecular weight is 436 g/mol. The number of rotatable bonds is 6. The molecule has 1 aliphatic rings. The minimum absolute atomic E-state index is 0. The van der Waals surface area contributed by atoms with E-state index in [0.717, 1.165) is 34.5 Å². The molecule has 1 aliphatic heterocycles. The van der Waals surface area contributed by atoms with Crippen LogP contribution in [0.2, 0.25) is 5.02 Å². The Kier molecular flexibility index (Phi) is 7.73. The van der Waals surface area contributed by atoms with Crippen molar-refractivity contribution in [3.63, 3.8) is 0 Å². The summed E-state index contributed by atoms with van der Waals surface area (Å²) >= 11 is 7.83. The summed E-state index contributed by atoms with van der Waals surface area (Å²) in [6.45, 7) is 3.51. The van der Waals surface area contributed by atoms with Crippen LogP contribution >= 0.6 is 35.8 Å². The Morgan fingerprint density at radius 3 is 2.50 bits per heavy atom. The molecule has 1 saturated heterocycles. The molecule has 8 heteroatoms. The smallest absolute Gasteiger partial charge is 0.196 e.